The molecule has 2 rings (SSSR count). The first-order chi connectivity index (χ1) is 5.84. The van der Waals surface area contributed by atoms with Crippen LogP contribution in [0.15, 0.2) is 17.0 Å². The highest BCUT2D eigenvalue weighted by Crippen LogP contribution is 2.33. The topological polar surface area (TPSA) is 39.9 Å². The Bertz CT molecular complexity index is 352. The summed E-state index contributed by atoms with van der Waals surface area (Å²) in [6.07, 6.45) is 1.74. The van der Waals surface area contributed by atoms with E-state index in [1.165, 1.54) is 22.7 Å². The molecule has 5 heteroatoms. The Kier molecular flexibility index (Phi) is 2.05. The molecule has 2 aromatic heterocycles. The van der Waals surface area contributed by atoms with E-state index in [2.05, 4.69) is 15.3 Å². The van der Waals surface area contributed by atoms with Crippen molar-refractivity contribution in [1.82, 2.24) is 9.97 Å². The standard InChI is InChI=1S/C7H6N3S2/c1-5-4-12-7(9-5)10-6-8-2-3-11-6/h2-4H,1H3/q-1. The molecular formula is C7H6N3S2-. The van der Waals surface area contributed by atoms with E-state index < -0.39 is 0 Å². The molecule has 0 atom stereocenters. The van der Waals surface area contributed by atoms with Gasteiger partial charge in [0.25, 0.3) is 0 Å². The second kappa shape index (κ2) is 3.20. The third-order valence-electron chi connectivity index (χ3n) is 1.22. The largest absolute Gasteiger partial charge is 0.359 e. The zero-order valence-corrected chi connectivity index (χ0v) is 8.02. The smallest absolute Gasteiger partial charge is 0.0666 e. The molecule has 12 heavy (non-hydrogen) atoms. The maximum Gasteiger partial charge on any atom is 0.0666 e. The molecule has 0 aliphatic carbocycles. The highest BCUT2D eigenvalue weighted by molar-refractivity contribution is 7.16. The van der Waals surface area contributed by atoms with Crippen molar-refractivity contribution < 1.29 is 0 Å². The maximum atomic E-state index is 4.24. The van der Waals surface area contributed by atoms with Crippen molar-refractivity contribution in [2.24, 2.45) is 0 Å². The van der Waals surface area contributed by atoms with Crippen LogP contribution in [0.25, 0.3) is 5.32 Å². The fraction of sp³-hybridized carbons (Fsp3) is 0.143. The molecule has 0 aliphatic heterocycles. The third kappa shape index (κ3) is 1.62. The Morgan fingerprint density at radius 1 is 1.33 bits per heavy atom. The van der Waals surface area contributed by atoms with Gasteiger partial charge in [0.2, 0.25) is 0 Å². The number of hydrogen-bond donors (Lipinski definition) is 0. The highest BCUT2D eigenvalue weighted by Gasteiger charge is 1.91. The Hall–Kier alpha value is -0.940. The average Bonchev–Trinajstić information content (AvgIpc) is 2.63. The molecule has 0 unspecified atom stereocenters. The molecule has 0 aliphatic rings. The molecule has 0 bridgehead atoms. The molecule has 0 amide bonds. The van der Waals surface area contributed by atoms with Gasteiger partial charge in [-0.1, -0.05) is 0 Å². The van der Waals surface area contributed by atoms with E-state index >= 15 is 0 Å². The van der Waals surface area contributed by atoms with Crippen LogP contribution in [0.4, 0.5) is 10.3 Å². The van der Waals surface area contributed by atoms with Crippen molar-refractivity contribution in [1.29, 1.82) is 0 Å². The van der Waals surface area contributed by atoms with Crippen LogP contribution >= 0.6 is 22.7 Å². The van der Waals surface area contributed by atoms with Gasteiger partial charge in [-0.3, -0.25) is 0 Å². The van der Waals surface area contributed by atoms with Crippen LogP contribution in [0, 0.1) is 6.92 Å². The molecule has 0 N–H and O–H groups in total. The zero-order valence-electron chi connectivity index (χ0n) is 6.39. The molecule has 0 spiro atoms. The first-order valence-electron chi connectivity index (χ1n) is 3.38. The Labute approximate surface area is 78.1 Å². The van der Waals surface area contributed by atoms with Crippen molar-refractivity contribution in [3.05, 3.63) is 28.0 Å². The van der Waals surface area contributed by atoms with Crippen LogP contribution in [-0.4, -0.2) is 9.97 Å². The number of rotatable bonds is 2. The van der Waals surface area contributed by atoms with E-state index in [1.807, 2.05) is 17.7 Å². The summed E-state index contributed by atoms with van der Waals surface area (Å²) in [6, 6.07) is 0. The molecule has 0 saturated heterocycles. The summed E-state index contributed by atoms with van der Waals surface area (Å²) in [5, 5.41) is 9.67. The van der Waals surface area contributed by atoms with Gasteiger partial charge in [0.05, 0.1) is 10.3 Å². The number of aryl methyl sites for hydroxylation is 1. The Morgan fingerprint density at radius 2 is 2.25 bits per heavy atom. The Balaban J connectivity index is 2.14. The second-order valence-corrected chi connectivity index (χ2v) is 3.91. The van der Waals surface area contributed by atoms with Gasteiger partial charge in [-0.25, -0.2) is 0 Å². The third-order valence-corrected chi connectivity index (χ3v) is 2.74. The summed E-state index contributed by atoms with van der Waals surface area (Å²) >= 11 is 3.05. The van der Waals surface area contributed by atoms with E-state index in [9.17, 15) is 0 Å². The quantitative estimate of drug-likeness (QED) is 0.739. The van der Waals surface area contributed by atoms with Gasteiger partial charge in [0.1, 0.15) is 0 Å². The van der Waals surface area contributed by atoms with E-state index in [1.54, 1.807) is 6.20 Å². The van der Waals surface area contributed by atoms with E-state index in [-0.39, 0.29) is 0 Å². The maximum absolute atomic E-state index is 4.24. The number of aromatic nitrogens is 2. The van der Waals surface area contributed by atoms with Crippen LogP contribution in [0.1, 0.15) is 5.69 Å². The lowest BCUT2D eigenvalue weighted by Gasteiger charge is -2.02. The molecule has 0 radical (unpaired) electrons. The van der Waals surface area contributed by atoms with Gasteiger partial charge in [0.15, 0.2) is 0 Å². The normalized spacial score (nSPS) is 10.1. The zero-order chi connectivity index (χ0) is 8.39. The summed E-state index contributed by atoms with van der Waals surface area (Å²) in [6.45, 7) is 1.96. The van der Waals surface area contributed by atoms with Crippen molar-refractivity contribution in [2.75, 3.05) is 0 Å². The van der Waals surface area contributed by atoms with Crippen molar-refractivity contribution in [2.45, 2.75) is 6.92 Å². The van der Waals surface area contributed by atoms with Crippen LogP contribution in [0.2, 0.25) is 0 Å². The minimum Gasteiger partial charge on any atom is -0.359 e. The number of nitrogens with zero attached hydrogens (tertiary/aromatic N) is 3. The number of hydrogen-bond acceptors (Lipinski definition) is 4. The van der Waals surface area contributed by atoms with Crippen LogP contribution in [-0.2, 0) is 0 Å². The second-order valence-electron chi connectivity index (χ2n) is 2.20. The summed E-state index contributed by atoms with van der Waals surface area (Å²) in [7, 11) is 0. The minimum absolute atomic E-state index is 0.768. The van der Waals surface area contributed by atoms with Crippen LogP contribution < -0.4 is 0 Å². The number of thiazole rings is 2. The first kappa shape index (κ1) is 7.70. The van der Waals surface area contributed by atoms with Gasteiger partial charge < -0.3 is 15.3 Å². The highest BCUT2D eigenvalue weighted by atomic mass is 32.1. The fourth-order valence-corrected chi connectivity index (χ4v) is 1.97. The van der Waals surface area contributed by atoms with Gasteiger partial charge in [0, 0.05) is 0 Å². The molecule has 2 heterocycles. The summed E-state index contributed by atoms with van der Waals surface area (Å²) in [5.41, 5.74) is 1.01. The van der Waals surface area contributed by atoms with Gasteiger partial charge in [-0.15, -0.1) is 22.7 Å². The lowest BCUT2D eigenvalue weighted by atomic mass is 10.6. The summed E-state index contributed by atoms with van der Waals surface area (Å²) in [5.74, 6) is 0. The van der Waals surface area contributed by atoms with E-state index in [0.29, 0.717) is 0 Å². The summed E-state index contributed by atoms with van der Waals surface area (Å²) < 4.78 is 0. The SMILES string of the molecule is Cc1csc([N-]c2nccs2)n1. The molecular weight excluding hydrogens is 190 g/mol. The lowest BCUT2D eigenvalue weighted by Crippen LogP contribution is -1.67. The Morgan fingerprint density at radius 3 is 2.83 bits per heavy atom. The van der Waals surface area contributed by atoms with Crippen molar-refractivity contribution in [3.63, 3.8) is 0 Å². The van der Waals surface area contributed by atoms with Gasteiger partial charge in [-0.2, -0.15) is 0 Å². The predicted molar refractivity (Wildman–Crippen MR) is 51.6 cm³/mol. The first-order valence-corrected chi connectivity index (χ1v) is 5.14. The lowest BCUT2D eigenvalue weighted by molar-refractivity contribution is 1.27. The van der Waals surface area contributed by atoms with E-state index in [0.717, 1.165) is 16.0 Å². The van der Waals surface area contributed by atoms with Crippen molar-refractivity contribution in [3.8, 4) is 0 Å². The van der Waals surface area contributed by atoms with Crippen LogP contribution in [0.3, 0.4) is 0 Å². The molecule has 3 nitrogen and oxygen atoms in total. The fourth-order valence-electron chi connectivity index (χ4n) is 0.746. The van der Waals surface area contributed by atoms with Gasteiger partial charge in [-0.05, 0) is 29.6 Å². The monoisotopic (exact) mass is 196 g/mol. The molecule has 0 fully saturated rings. The molecule has 0 aromatic carbocycles. The van der Waals surface area contributed by atoms with E-state index in [4.69, 9.17) is 0 Å². The molecule has 62 valence electrons. The van der Waals surface area contributed by atoms with Crippen molar-refractivity contribution >= 4 is 32.9 Å². The molecule has 2 aromatic rings. The summed E-state index contributed by atoms with van der Waals surface area (Å²) in [4.78, 5) is 8.24. The van der Waals surface area contributed by atoms with Crippen LogP contribution in [0.5, 0.6) is 0 Å². The minimum atomic E-state index is 0.768. The molecule has 0 saturated carbocycles. The van der Waals surface area contributed by atoms with Gasteiger partial charge >= 0.3 is 0 Å². The predicted octanol–water partition coefficient (Wildman–Crippen LogP) is 3.24. The average molecular weight is 196 g/mol.